The zero-order valence-corrected chi connectivity index (χ0v) is 17.1. The molecular weight excluding hydrogens is 394 g/mol. The molecule has 1 aliphatic rings. The largest absolute Gasteiger partial charge is 0.507 e. The second-order valence-corrected chi connectivity index (χ2v) is 7.25. The highest BCUT2D eigenvalue weighted by molar-refractivity contribution is 6.46. The van der Waals surface area contributed by atoms with Crippen molar-refractivity contribution in [1.82, 2.24) is 14.9 Å². The third kappa shape index (κ3) is 3.77. The Morgan fingerprint density at radius 1 is 1.10 bits per heavy atom. The Kier molecular flexibility index (Phi) is 5.49. The molecule has 1 amide bonds. The first-order chi connectivity index (χ1) is 15.0. The van der Waals surface area contributed by atoms with Gasteiger partial charge < -0.3 is 14.7 Å². The van der Waals surface area contributed by atoms with Gasteiger partial charge in [-0.3, -0.25) is 19.6 Å². The molecule has 1 aromatic carbocycles. The maximum atomic E-state index is 13.0. The molecule has 0 spiro atoms. The number of aryl methyl sites for hydroxylation is 1. The molecule has 1 N–H and O–H groups in total. The monoisotopic (exact) mass is 415 g/mol. The van der Waals surface area contributed by atoms with Crippen LogP contribution in [0.4, 0.5) is 0 Å². The smallest absolute Gasteiger partial charge is 0.295 e. The quantitative estimate of drug-likeness (QED) is 0.390. The molecule has 1 aliphatic heterocycles. The lowest BCUT2D eigenvalue weighted by molar-refractivity contribution is -0.140. The summed E-state index contributed by atoms with van der Waals surface area (Å²) in [6.45, 7) is 2.03. The minimum Gasteiger partial charge on any atom is -0.507 e. The average Bonchev–Trinajstić information content (AvgIpc) is 3.04. The van der Waals surface area contributed by atoms with Gasteiger partial charge in [0, 0.05) is 36.9 Å². The van der Waals surface area contributed by atoms with E-state index >= 15 is 0 Å². The maximum Gasteiger partial charge on any atom is 0.295 e. The molecule has 0 unspecified atom stereocenters. The first-order valence-electron chi connectivity index (χ1n) is 9.73. The number of aliphatic hydroxyl groups excluding tert-OH is 1. The number of methoxy groups -OCH3 is 1. The number of Topliss-reactive ketones (excluding diaryl/α,β-unsaturated/α-hetero) is 1. The summed E-state index contributed by atoms with van der Waals surface area (Å²) in [5.41, 5.74) is 2.76. The number of ketones is 1. The third-order valence-corrected chi connectivity index (χ3v) is 5.31. The van der Waals surface area contributed by atoms with Crippen molar-refractivity contribution in [1.29, 1.82) is 0 Å². The molecule has 2 aromatic heterocycles. The molecule has 31 heavy (non-hydrogen) atoms. The van der Waals surface area contributed by atoms with E-state index in [1.54, 1.807) is 68.3 Å². The Hall–Kier alpha value is -4.00. The Balaban J connectivity index is 1.85. The van der Waals surface area contributed by atoms with Crippen molar-refractivity contribution >= 4 is 17.4 Å². The van der Waals surface area contributed by atoms with Crippen molar-refractivity contribution in [3.63, 3.8) is 0 Å². The van der Waals surface area contributed by atoms with Gasteiger partial charge in [0.25, 0.3) is 11.7 Å². The van der Waals surface area contributed by atoms with Crippen LogP contribution in [0.1, 0.15) is 28.3 Å². The van der Waals surface area contributed by atoms with Crippen molar-refractivity contribution in [2.45, 2.75) is 19.5 Å². The molecule has 3 heterocycles. The van der Waals surface area contributed by atoms with Crippen molar-refractivity contribution in [3.8, 4) is 5.75 Å². The van der Waals surface area contributed by atoms with Gasteiger partial charge in [-0.1, -0.05) is 6.07 Å². The van der Waals surface area contributed by atoms with Crippen LogP contribution in [0.15, 0.2) is 72.8 Å². The van der Waals surface area contributed by atoms with Gasteiger partial charge in [0.1, 0.15) is 11.5 Å². The number of pyridine rings is 2. The van der Waals surface area contributed by atoms with E-state index < -0.39 is 17.7 Å². The Bertz CT molecular complexity index is 1160. The molecule has 156 valence electrons. The van der Waals surface area contributed by atoms with Crippen LogP contribution in [0.3, 0.4) is 0 Å². The number of rotatable bonds is 5. The molecular formula is C24H21N3O4. The number of aliphatic hydroxyl groups is 1. The number of likely N-dealkylation sites (tertiary alicyclic amines) is 1. The van der Waals surface area contributed by atoms with Crippen LogP contribution in [0.5, 0.6) is 5.75 Å². The van der Waals surface area contributed by atoms with Crippen LogP contribution in [0.25, 0.3) is 5.76 Å². The van der Waals surface area contributed by atoms with E-state index in [1.165, 1.54) is 4.90 Å². The van der Waals surface area contributed by atoms with Crippen LogP contribution < -0.4 is 4.74 Å². The van der Waals surface area contributed by atoms with Crippen LogP contribution in [0, 0.1) is 6.92 Å². The predicted octanol–water partition coefficient (Wildman–Crippen LogP) is 3.42. The molecule has 7 nitrogen and oxygen atoms in total. The highest BCUT2D eigenvalue weighted by Gasteiger charge is 2.46. The van der Waals surface area contributed by atoms with E-state index in [0.717, 1.165) is 11.1 Å². The standard InChI is InChI=1S/C24H21N3O4/c1-15-12-18(5-6-19(15)31-2)22(28)20-21(17-7-10-25-11-8-17)27(24(30)23(20)29)14-16-4-3-9-26-13-16/h3-13,21,28H,14H2,1-2H3/t21-/m1/s1. The minimum atomic E-state index is -0.745. The molecule has 7 heteroatoms. The van der Waals surface area contributed by atoms with Gasteiger partial charge in [-0.25, -0.2) is 0 Å². The van der Waals surface area contributed by atoms with Gasteiger partial charge in [0.05, 0.1) is 18.7 Å². The summed E-state index contributed by atoms with van der Waals surface area (Å²) in [5.74, 6) is -0.951. The van der Waals surface area contributed by atoms with Gasteiger partial charge in [-0.05, 0) is 60.0 Å². The van der Waals surface area contributed by atoms with Gasteiger partial charge in [-0.2, -0.15) is 0 Å². The molecule has 3 aromatic rings. The summed E-state index contributed by atoms with van der Waals surface area (Å²) < 4.78 is 5.28. The molecule has 1 fully saturated rings. The fourth-order valence-corrected chi connectivity index (χ4v) is 3.80. The summed E-state index contributed by atoms with van der Waals surface area (Å²) in [7, 11) is 1.56. The van der Waals surface area contributed by atoms with Crippen molar-refractivity contribution in [2.75, 3.05) is 7.11 Å². The SMILES string of the molecule is COc1ccc(C(O)=C2C(=O)C(=O)N(Cc3cccnc3)[C@@H]2c2ccncc2)cc1C. The van der Waals surface area contributed by atoms with Crippen LogP contribution in [0.2, 0.25) is 0 Å². The van der Waals surface area contributed by atoms with E-state index in [0.29, 0.717) is 16.9 Å². The summed E-state index contributed by atoms with van der Waals surface area (Å²) in [4.78, 5) is 35.6. The van der Waals surface area contributed by atoms with E-state index in [9.17, 15) is 14.7 Å². The number of hydrogen-bond acceptors (Lipinski definition) is 6. The van der Waals surface area contributed by atoms with Crippen LogP contribution in [-0.2, 0) is 16.1 Å². The number of hydrogen-bond donors (Lipinski definition) is 1. The van der Waals surface area contributed by atoms with Gasteiger partial charge in [0.2, 0.25) is 0 Å². The summed E-state index contributed by atoms with van der Waals surface area (Å²) in [6, 6.07) is 11.4. The zero-order valence-electron chi connectivity index (χ0n) is 17.1. The van der Waals surface area contributed by atoms with Crippen molar-refractivity contribution in [2.24, 2.45) is 0 Å². The van der Waals surface area contributed by atoms with Crippen LogP contribution in [-0.4, -0.2) is 38.8 Å². The van der Waals surface area contributed by atoms with E-state index in [2.05, 4.69) is 9.97 Å². The lowest BCUT2D eigenvalue weighted by Crippen LogP contribution is -2.29. The zero-order chi connectivity index (χ0) is 22.0. The fraction of sp³-hybridized carbons (Fsp3) is 0.167. The molecule has 4 rings (SSSR count). The number of carbonyl (C=O) groups is 2. The summed E-state index contributed by atoms with van der Waals surface area (Å²) in [5, 5.41) is 11.1. The normalized spacial score (nSPS) is 17.7. The molecule has 0 bridgehead atoms. The lowest BCUT2D eigenvalue weighted by atomic mass is 9.95. The van der Waals surface area contributed by atoms with E-state index in [4.69, 9.17) is 4.74 Å². The summed E-state index contributed by atoms with van der Waals surface area (Å²) in [6.07, 6.45) is 6.48. The summed E-state index contributed by atoms with van der Waals surface area (Å²) >= 11 is 0. The first kappa shape index (κ1) is 20.3. The van der Waals surface area contributed by atoms with Gasteiger partial charge in [0.15, 0.2) is 0 Å². The minimum absolute atomic E-state index is 0.0460. The number of nitrogens with zero attached hydrogens (tertiary/aromatic N) is 3. The number of benzene rings is 1. The second-order valence-electron chi connectivity index (χ2n) is 7.25. The molecule has 0 aliphatic carbocycles. The Morgan fingerprint density at radius 3 is 2.52 bits per heavy atom. The van der Waals surface area contributed by atoms with Crippen molar-refractivity contribution < 1.29 is 19.4 Å². The van der Waals surface area contributed by atoms with E-state index in [-0.39, 0.29) is 17.9 Å². The topological polar surface area (TPSA) is 92.6 Å². The molecule has 0 radical (unpaired) electrons. The van der Waals surface area contributed by atoms with Gasteiger partial charge in [-0.15, -0.1) is 0 Å². The fourth-order valence-electron chi connectivity index (χ4n) is 3.80. The van der Waals surface area contributed by atoms with Crippen molar-refractivity contribution in [3.05, 3.63) is 95.1 Å². The predicted molar refractivity (Wildman–Crippen MR) is 114 cm³/mol. The average molecular weight is 415 g/mol. The lowest BCUT2D eigenvalue weighted by Gasteiger charge is -2.25. The Labute approximate surface area is 179 Å². The first-order valence-corrected chi connectivity index (χ1v) is 9.73. The molecule has 0 saturated carbocycles. The maximum absolute atomic E-state index is 13.0. The third-order valence-electron chi connectivity index (χ3n) is 5.31. The number of ether oxygens (including phenoxy) is 1. The number of amides is 1. The second kappa shape index (κ2) is 8.39. The van der Waals surface area contributed by atoms with E-state index in [1.807, 2.05) is 13.0 Å². The highest BCUT2D eigenvalue weighted by atomic mass is 16.5. The number of carbonyl (C=O) groups excluding carboxylic acids is 2. The van der Waals surface area contributed by atoms with Gasteiger partial charge >= 0.3 is 0 Å². The Morgan fingerprint density at radius 2 is 1.87 bits per heavy atom. The highest BCUT2D eigenvalue weighted by Crippen LogP contribution is 2.40. The van der Waals surface area contributed by atoms with Crippen LogP contribution >= 0.6 is 0 Å². The molecule has 1 atom stereocenters. The number of aromatic nitrogens is 2. The molecule has 1 saturated heterocycles.